The second kappa shape index (κ2) is 8.67. The maximum atomic E-state index is 6.01. The van der Waals surface area contributed by atoms with E-state index in [1.807, 2.05) is 13.8 Å². The van der Waals surface area contributed by atoms with E-state index < -0.39 is 0 Å². The van der Waals surface area contributed by atoms with Crippen LogP contribution < -0.4 is 15.8 Å². The molecule has 0 saturated heterocycles. The highest BCUT2D eigenvalue weighted by Gasteiger charge is 2.13. The van der Waals surface area contributed by atoms with E-state index in [1.54, 1.807) is 7.11 Å². The lowest BCUT2D eigenvalue weighted by Gasteiger charge is -2.14. The summed E-state index contributed by atoms with van der Waals surface area (Å²) in [6.07, 6.45) is 1.94. The fraction of sp³-hybridized carbons (Fsp3) is 0.733. The van der Waals surface area contributed by atoms with Crippen molar-refractivity contribution < 1.29 is 9.47 Å². The third-order valence-electron chi connectivity index (χ3n) is 2.81. The summed E-state index contributed by atoms with van der Waals surface area (Å²) in [7, 11) is 1.57. The van der Waals surface area contributed by atoms with E-state index >= 15 is 0 Å². The first-order chi connectivity index (χ1) is 9.93. The van der Waals surface area contributed by atoms with Gasteiger partial charge in [0, 0.05) is 19.6 Å². The number of aromatic nitrogens is 2. The second-order valence-corrected chi connectivity index (χ2v) is 5.71. The molecule has 0 atom stereocenters. The molecular weight excluding hydrogens is 268 g/mol. The topological polar surface area (TPSA) is 82.3 Å². The predicted molar refractivity (Wildman–Crippen MR) is 85.7 cm³/mol. The van der Waals surface area contributed by atoms with Crippen LogP contribution >= 0.6 is 0 Å². The van der Waals surface area contributed by atoms with Gasteiger partial charge in [0.1, 0.15) is 11.5 Å². The van der Waals surface area contributed by atoms with Crippen LogP contribution in [0.25, 0.3) is 0 Å². The molecule has 6 heteroatoms. The lowest BCUT2D eigenvalue weighted by atomic mass is 10.1. The maximum absolute atomic E-state index is 6.01. The minimum Gasteiger partial charge on any atom is -0.479 e. The summed E-state index contributed by atoms with van der Waals surface area (Å²) >= 11 is 0. The predicted octanol–water partition coefficient (Wildman–Crippen LogP) is 2.49. The average molecular weight is 296 g/mol. The highest BCUT2D eigenvalue weighted by Crippen LogP contribution is 2.26. The van der Waals surface area contributed by atoms with Crippen molar-refractivity contribution in [3.8, 4) is 5.88 Å². The van der Waals surface area contributed by atoms with Gasteiger partial charge in [-0.3, -0.25) is 0 Å². The molecule has 0 unspecified atom stereocenters. The van der Waals surface area contributed by atoms with Gasteiger partial charge in [-0.1, -0.05) is 13.8 Å². The number of nitrogen functional groups attached to an aromatic ring is 1. The van der Waals surface area contributed by atoms with Gasteiger partial charge in [-0.05, 0) is 26.2 Å². The Hall–Kier alpha value is -1.56. The highest BCUT2D eigenvalue weighted by molar-refractivity contribution is 5.66. The summed E-state index contributed by atoms with van der Waals surface area (Å²) in [6, 6.07) is 0. The Labute approximate surface area is 127 Å². The largest absolute Gasteiger partial charge is 0.479 e. The Balaban J connectivity index is 2.66. The molecule has 1 aromatic heterocycles. The summed E-state index contributed by atoms with van der Waals surface area (Å²) < 4.78 is 10.7. The SMILES string of the molecule is COc1nc(CC(C)C)nc(NCCCOC(C)C)c1N. The van der Waals surface area contributed by atoms with E-state index in [1.165, 1.54) is 0 Å². The summed E-state index contributed by atoms with van der Waals surface area (Å²) in [6.45, 7) is 9.77. The van der Waals surface area contributed by atoms with Crippen LogP contribution in [0.2, 0.25) is 0 Å². The lowest BCUT2D eigenvalue weighted by molar-refractivity contribution is 0.0787. The molecule has 120 valence electrons. The van der Waals surface area contributed by atoms with E-state index in [-0.39, 0.29) is 6.10 Å². The smallest absolute Gasteiger partial charge is 0.242 e. The third kappa shape index (κ3) is 6.16. The number of nitrogens with two attached hydrogens (primary N) is 1. The molecule has 0 aliphatic rings. The Morgan fingerprint density at radius 3 is 2.48 bits per heavy atom. The van der Waals surface area contributed by atoms with Crippen molar-refractivity contribution in [2.75, 3.05) is 31.3 Å². The van der Waals surface area contributed by atoms with Crippen molar-refractivity contribution in [3.05, 3.63) is 5.82 Å². The van der Waals surface area contributed by atoms with Crippen molar-refractivity contribution >= 4 is 11.5 Å². The molecule has 0 aliphatic carbocycles. The number of methoxy groups -OCH3 is 1. The van der Waals surface area contributed by atoms with Crippen LogP contribution in [0.4, 0.5) is 11.5 Å². The van der Waals surface area contributed by atoms with Crippen LogP contribution in [0.1, 0.15) is 39.9 Å². The quantitative estimate of drug-likeness (QED) is 0.681. The van der Waals surface area contributed by atoms with Gasteiger partial charge >= 0.3 is 0 Å². The first-order valence-electron chi connectivity index (χ1n) is 7.49. The standard InChI is InChI=1S/C15H28N4O2/c1-10(2)9-12-18-14(13(16)15(19-12)20-5)17-7-6-8-21-11(3)4/h10-11H,6-9,16H2,1-5H3,(H,17,18,19). The molecule has 0 fully saturated rings. The van der Waals surface area contributed by atoms with Crippen molar-refractivity contribution in [2.45, 2.75) is 46.6 Å². The summed E-state index contributed by atoms with van der Waals surface area (Å²) in [5.41, 5.74) is 6.47. The molecule has 0 aliphatic heterocycles. The molecule has 0 spiro atoms. The van der Waals surface area contributed by atoms with Crippen LogP contribution in [-0.4, -0.2) is 36.3 Å². The minimum atomic E-state index is 0.256. The van der Waals surface area contributed by atoms with Gasteiger partial charge in [-0.25, -0.2) is 4.98 Å². The molecule has 3 N–H and O–H groups in total. The highest BCUT2D eigenvalue weighted by atomic mass is 16.5. The maximum Gasteiger partial charge on any atom is 0.242 e. The molecule has 1 aromatic rings. The van der Waals surface area contributed by atoms with Gasteiger partial charge in [0.15, 0.2) is 5.82 Å². The molecule has 0 bridgehead atoms. The molecule has 1 heterocycles. The number of rotatable bonds is 9. The lowest BCUT2D eigenvalue weighted by Crippen LogP contribution is -2.14. The van der Waals surface area contributed by atoms with Crippen LogP contribution in [0.5, 0.6) is 5.88 Å². The zero-order valence-electron chi connectivity index (χ0n) is 13.8. The molecule has 1 rings (SSSR count). The monoisotopic (exact) mass is 296 g/mol. The van der Waals surface area contributed by atoms with E-state index in [0.29, 0.717) is 29.9 Å². The molecule has 21 heavy (non-hydrogen) atoms. The number of anilines is 2. The van der Waals surface area contributed by atoms with Gasteiger partial charge in [0.25, 0.3) is 0 Å². The Bertz CT molecular complexity index is 436. The Morgan fingerprint density at radius 1 is 1.19 bits per heavy atom. The first kappa shape index (κ1) is 17.5. The molecule has 6 nitrogen and oxygen atoms in total. The normalized spacial score (nSPS) is 11.2. The van der Waals surface area contributed by atoms with E-state index in [9.17, 15) is 0 Å². The number of hydrogen-bond donors (Lipinski definition) is 2. The molecule has 0 radical (unpaired) electrons. The number of nitrogens with one attached hydrogen (secondary N) is 1. The van der Waals surface area contributed by atoms with Gasteiger partial charge in [-0.15, -0.1) is 0 Å². The van der Waals surface area contributed by atoms with Gasteiger partial charge in [0.2, 0.25) is 5.88 Å². The first-order valence-corrected chi connectivity index (χ1v) is 7.49. The molecular formula is C15H28N4O2. The second-order valence-electron chi connectivity index (χ2n) is 5.71. The van der Waals surface area contributed by atoms with E-state index in [0.717, 1.165) is 25.2 Å². The zero-order chi connectivity index (χ0) is 15.8. The van der Waals surface area contributed by atoms with Crippen LogP contribution in [0, 0.1) is 5.92 Å². The number of ether oxygens (including phenoxy) is 2. The molecule has 0 aromatic carbocycles. The fourth-order valence-corrected chi connectivity index (χ4v) is 1.84. The zero-order valence-corrected chi connectivity index (χ0v) is 13.8. The van der Waals surface area contributed by atoms with Crippen LogP contribution in [0.3, 0.4) is 0 Å². The Morgan fingerprint density at radius 2 is 1.90 bits per heavy atom. The average Bonchev–Trinajstić information content (AvgIpc) is 2.40. The van der Waals surface area contributed by atoms with Crippen LogP contribution in [0.15, 0.2) is 0 Å². The molecule has 0 amide bonds. The van der Waals surface area contributed by atoms with E-state index in [4.69, 9.17) is 15.2 Å². The van der Waals surface area contributed by atoms with Crippen molar-refractivity contribution in [1.29, 1.82) is 0 Å². The number of hydrogen-bond acceptors (Lipinski definition) is 6. The van der Waals surface area contributed by atoms with Crippen molar-refractivity contribution in [1.82, 2.24) is 9.97 Å². The van der Waals surface area contributed by atoms with Gasteiger partial charge < -0.3 is 20.5 Å². The van der Waals surface area contributed by atoms with Crippen LogP contribution in [-0.2, 0) is 11.2 Å². The summed E-state index contributed by atoms with van der Waals surface area (Å²) in [5, 5.41) is 3.24. The molecule has 0 saturated carbocycles. The number of nitrogens with zero attached hydrogens (tertiary/aromatic N) is 2. The van der Waals surface area contributed by atoms with Crippen molar-refractivity contribution in [3.63, 3.8) is 0 Å². The minimum absolute atomic E-state index is 0.256. The third-order valence-corrected chi connectivity index (χ3v) is 2.81. The van der Waals surface area contributed by atoms with E-state index in [2.05, 4.69) is 29.1 Å². The van der Waals surface area contributed by atoms with Gasteiger partial charge in [0.05, 0.1) is 13.2 Å². The van der Waals surface area contributed by atoms with Crippen molar-refractivity contribution in [2.24, 2.45) is 5.92 Å². The fourth-order valence-electron chi connectivity index (χ4n) is 1.84. The van der Waals surface area contributed by atoms with Gasteiger partial charge in [-0.2, -0.15) is 4.98 Å². The summed E-state index contributed by atoms with van der Waals surface area (Å²) in [5.74, 6) is 2.30. The Kier molecular flexibility index (Phi) is 7.22. The summed E-state index contributed by atoms with van der Waals surface area (Å²) in [4.78, 5) is 8.82.